The number of fused-ring (bicyclic) bond motifs is 1. The molecule has 0 saturated carbocycles. The average molecular weight is 505 g/mol. The molecule has 0 aliphatic carbocycles. The van der Waals surface area contributed by atoms with E-state index in [1.807, 2.05) is 50.6 Å². The molecule has 0 fully saturated rings. The van der Waals surface area contributed by atoms with Gasteiger partial charge in [0.2, 0.25) is 6.41 Å². The van der Waals surface area contributed by atoms with Gasteiger partial charge >= 0.3 is 5.97 Å². The van der Waals surface area contributed by atoms with Gasteiger partial charge < -0.3 is 9.30 Å². The van der Waals surface area contributed by atoms with Crippen LogP contribution in [0.5, 0.6) is 0 Å². The van der Waals surface area contributed by atoms with Gasteiger partial charge in [0.1, 0.15) is 5.82 Å². The third-order valence-electron chi connectivity index (χ3n) is 5.82. The molecular formula is C25H29ClN2O5S. The number of aromatic nitrogens is 1. The van der Waals surface area contributed by atoms with Crippen molar-refractivity contribution in [2.24, 2.45) is 7.05 Å². The Morgan fingerprint density at radius 1 is 1.21 bits per heavy atom. The van der Waals surface area contributed by atoms with E-state index in [0.717, 1.165) is 34.9 Å². The Hall–Kier alpha value is -2.84. The first kappa shape index (κ1) is 25.8. The number of amides is 1. The number of hydrogen-bond donors (Lipinski definition) is 0. The van der Waals surface area contributed by atoms with Crippen molar-refractivity contribution in [3.05, 3.63) is 58.6 Å². The van der Waals surface area contributed by atoms with Crippen LogP contribution in [-0.2, 0) is 31.2 Å². The van der Waals surface area contributed by atoms with Crippen LogP contribution in [0.1, 0.15) is 43.9 Å². The van der Waals surface area contributed by atoms with E-state index in [0.29, 0.717) is 17.3 Å². The first-order valence-corrected chi connectivity index (χ1v) is 13.1. The molecule has 1 heterocycles. The van der Waals surface area contributed by atoms with Crippen LogP contribution in [0.15, 0.2) is 47.4 Å². The molecule has 0 aliphatic rings. The molecule has 0 spiro atoms. The molecule has 182 valence electrons. The molecule has 3 rings (SSSR count). The zero-order valence-corrected chi connectivity index (χ0v) is 21.3. The van der Waals surface area contributed by atoms with Gasteiger partial charge in [-0.05, 0) is 61.7 Å². The van der Waals surface area contributed by atoms with Crippen LogP contribution in [0.3, 0.4) is 0 Å². The van der Waals surface area contributed by atoms with Gasteiger partial charge in [-0.3, -0.25) is 14.5 Å². The van der Waals surface area contributed by atoms with Crippen LogP contribution < -0.4 is 4.90 Å². The van der Waals surface area contributed by atoms with Gasteiger partial charge in [-0.25, -0.2) is 8.42 Å². The van der Waals surface area contributed by atoms with Crippen LogP contribution in [0, 0.1) is 6.92 Å². The number of benzene rings is 2. The summed E-state index contributed by atoms with van der Waals surface area (Å²) in [6, 6.07) is 11.6. The highest BCUT2D eigenvalue weighted by atomic mass is 35.5. The second-order valence-electron chi connectivity index (χ2n) is 8.33. The Morgan fingerprint density at radius 3 is 2.50 bits per heavy atom. The molecule has 1 aromatic heterocycles. The Bertz CT molecular complexity index is 1300. The van der Waals surface area contributed by atoms with E-state index in [1.165, 1.54) is 12.1 Å². The van der Waals surface area contributed by atoms with E-state index in [9.17, 15) is 18.0 Å². The van der Waals surface area contributed by atoms with Gasteiger partial charge in [-0.15, -0.1) is 0 Å². The molecule has 0 aliphatic heterocycles. The number of carbonyl (C=O) groups is 2. The lowest BCUT2D eigenvalue weighted by molar-refractivity contribution is -0.140. The van der Waals surface area contributed by atoms with Crippen LogP contribution in [0.4, 0.5) is 5.82 Å². The number of aryl methyl sites for hydroxylation is 2. The van der Waals surface area contributed by atoms with E-state index in [1.54, 1.807) is 17.0 Å². The lowest BCUT2D eigenvalue weighted by Gasteiger charge is -2.26. The van der Waals surface area contributed by atoms with E-state index in [-0.39, 0.29) is 17.5 Å². The summed E-state index contributed by atoms with van der Waals surface area (Å²) < 4.78 is 32.1. The minimum absolute atomic E-state index is 0.0282. The minimum atomic E-state index is -3.83. The minimum Gasteiger partial charge on any atom is -0.465 e. The Kier molecular flexibility index (Phi) is 8.05. The molecular weight excluding hydrogens is 476 g/mol. The summed E-state index contributed by atoms with van der Waals surface area (Å²) in [4.78, 5) is 25.5. The molecule has 2 aromatic carbocycles. The maximum absolute atomic E-state index is 12.6. The van der Waals surface area contributed by atoms with Crippen LogP contribution in [0.25, 0.3) is 10.9 Å². The number of nitrogens with zero attached hydrogens (tertiary/aromatic N) is 2. The van der Waals surface area contributed by atoms with Crippen molar-refractivity contribution in [1.29, 1.82) is 0 Å². The van der Waals surface area contributed by atoms with Crippen molar-refractivity contribution in [3.8, 4) is 0 Å². The second-order valence-corrected chi connectivity index (χ2v) is 10.7. The van der Waals surface area contributed by atoms with Crippen LogP contribution in [0.2, 0.25) is 5.02 Å². The molecule has 1 amide bonds. The second kappa shape index (κ2) is 10.6. The lowest BCUT2D eigenvalue weighted by Crippen LogP contribution is -2.27. The fraction of sp³-hybridized carbons (Fsp3) is 0.360. The molecule has 7 nitrogen and oxygen atoms in total. The summed E-state index contributed by atoms with van der Waals surface area (Å²) >= 11 is 6.41. The first-order valence-electron chi connectivity index (χ1n) is 11.1. The molecule has 1 atom stereocenters. The molecule has 0 radical (unpaired) electrons. The molecule has 0 unspecified atom stereocenters. The Labute approximate surface area is 205 Å². The van der Waals surface area contributed by atoms with Crippen molar-refractivity contribution in [2.75, 3.05) is 17.3 Å². The summed E-state index contributed by atoms with van der Waals surface area (Å²) in [6.45, 7) is 5.98. The highest BCUT2D eigenvalue weighted by Gasteiger charge is 2.23. The smallest absolute Gasteiger partial charge is 0.321 e. The first-order chi connectivity index (χ1) is 16.1. The molecule has 0 N–H and O–H groups in total. The molecule has 0 bridgehead atoms. The van der Waals surface area contributed by atoms with Crippen molar-refractivity contribution in [1.82, 2.24) is 4.57 Å². The Morgan fingerprint density at radius 2 is 1.88 bits per heavy atom. The number of hydrogen-bond acceptors (Lipinski definition) is 5. The lowest BCUT2D eigenvalue weighted by atomic mass is 10.1. The van der Waals surface area contributed by atoms with Gasteiger partial charge in [-0.1, -0.05) is 37.1 Å². The number of halogens is 1. The van der Waals surface area contributed by atoms with Crippen molar-refractivity contribution < 1.29 is 22.7 Å². The average Bonchev–Trinajstić information content (AvgIpc) is 3.11. The number of unbranched alkanes of at least 4 members (excludes halogenated alkanes) is 1. The monoisotopic (exact) mass is 504 g/mol. The maximum atomic E-state index is 12.6. The Balaban J connectivity index is 1.83. The van der Waals surface area contributed by atoms with E-state index in [2.05, 4.69) is 0 Å². The molecule has 3 aromatic rings. The molecule has 34 heavy (non-hydrogen) atoms. The van der Waals surface area contributed by atoms with E-state index in [4.69, 9.17) is 16.3 Å². The van der Waals surface area contributed by atoms with Gasteiger partial charge in [0.15, 0.2) is 15.6 Å². The number of esters is 1. The predicted molar refractivity (Wildman–Crippen MR) is 134 cm³/mol. The van der Waals surface area contributed by atoms with Crippen molar-refractivity contribution in [2.45, 2.75) is 44.6 Å². The molecule has 0 saturated heterocycles. The fourth-order valence-electron chi connectivity index (χ4n) is 3.82. The highest BCUT2D eigenvalue weighted by molar-refractivity contribution is 7.92. The third kappa shape index (κ3) is 5.45. The summed E-state index contributed by atoms with van der Waals surface area (Å²) in [7, 11) is -1.96. The highest BCUT2D eigenvalue weighted by Crippen LogP contribution is 2.34. The number of rotatable bonds is 10. The zero-order valence-electron chi connectivity index (χ0n) is 19.7. The number of carbonyl (C=O) groups excluding carboxylic acids is 2. The zero-order chi connectivity index (χ0) is 25.0. The van der Waals surface area contributed by atoms with Crippen LogP contribution in [-0.4, -0.2) is 37.7 Å². The molecule has 9 heteroatoms. The summed E-state index contributed by atoms with van der Waals surface area (Å²) in [6.07, 6.45) is 2.29. The number of ether oxygens (including phenoxy) is 1. The van der Waals surface area contributed by atoms with E-state index >= 15 is 0 Å². The van der Waals surface area contributed by atoms with Gasteiger partial charge in [0.05, 0.1) is 28.1 Å². The van der Waals surface area contributed by atoms with Crippen LogP contribution >= 0.6 is 11.6 Å². The normalized spacial score (nSPS) is 12.5. The van der Waals surface area contributed by atoms with Crippen molar-refractivity contribution >= 4 is 50.5 Å². The predicted octanol–water partition coefficient (Wildman–Crippen LogP) is 4.98. The number of anilines is 1. The van der Waals surface area contributed by atoms with Gasteiger partial charge in [0, 0.05) is 12.4 Å². The largest absolute Gasteiger partial charge is 0.465 e. The number of sulfone groups is 1. The SMILES string of the molecule is CCCCOC(=O)CS(=O)(=O)c1ccc([C@@H](C)N(C=O)c2cc3c(Cl)cc(C)cc3n2C)cc1. The van der Waals surface area contributed by atoms with E-state index < -0.39 is 21.6 Å². The van der Waals surface area contributed by atoms with Gasteiger partial charge in [0.25, 0.3) is 0 Å². The standard InChI is InChI=1S/C25H29ClN2O5S/c1-5-6-11-33-25(30)15-34(31,32)20-9-7-19(8-10-20)18(3)28(16-29)24-14-21-22(26)12-17(2)13-23(21)27(24)4/h7-10,12-14,16,18H,5-6,11,15H2,1-4H3/t18-/m1/s1. The van der Waals surface area contributed by atoms with Gasteiger partial charge in [-0.2, -0.15) is 0 Å². The quantitative estimate of drug-likeness (QED) is 0.221. The van der Waals surface area contributed by atoms with Crippen molar-refractivity contribution in [3.63, 3.8) is 0 Å². The maximum Gasteiger partial charge on any atom is 0.321 e. The summed E-state index contributed by atoms with van der Waals surface area (Å²) in [5.41, 5.74) is 2.66. The summed E-state index contributed by atoms with van der Waals surface area (Å²) in [5.74, 6) is -0.804. The third-order valence-corrected chi connectivity index (χ3v) is 7.74. The fourth-order valence-corrected chi connectivity index (χ4v) is 5.26. The summed E-state index contributed by atoms with van der Waals surface area (Å²) in [5, 5.41) is 1.45. The topological polar surface area (TPSA) is 85.7 Å².